The highest BCUT2D eigenvalue weighted by Gasteiger charge is 2.21. The molecule has 0 saturated carbocycles. The summed E-state index contributed by atoms with van der Waals surface area (Å²) >= 11 is 0. The van der Waals surface area contributed by atoms with E-state index in [1.165, 1.54) is 0 Å². The molecule has 2 heteroatoms. The monoisotopic (exact) mass is 355 g/mol. The lowest BCUT2D eigenvalue weighted by Gasteiger charge is -2.32. The van der Waals surface area contributed by atoms with Gasteiger partial charge in [0.1, 0.15) is 5.75 Å². The van der Waals surface area contributed by atoms with E-state index in [4.69, 9.17) is 37.0 Å². The van der Waals surface area contributed by atoms with Crippen molar-refractivity contribution in [3.05, 3.63) is 65.0 Å². The van der Waals surface area contributed by atoms with Gasteiger partial charge in [0.25, 0.3) is 0 Å². The average molecular weight is 356 g/mol. The van der Waals surface area contributed by atoms with Crippen LogP contribution in [0.4, 0.5) is 0 Å². The van der Waals surface area contributed by atoms with Crippen LogP contribution in [-0.4, -0.2) is 28.5 Å². The van der Waals surface area contributed by atoms with Crippen LogP contribution in [0.2, 0.25) is 0 Å². The van der Waals surface area contributed by atoms with Gasteiger partial charge in [-0.1, -0.05) is 47.9 Å². The van der Waals surface area contributed by atoms with Gasteiger partial charge in [0, 0.05) is 53.6 Å². The second kappa shape index (κ2) is 8.34. The first-order valence-corrected chi connectivity index (χ1v) is 6.14. The van der Waals surface area contributed by atoms with E-state index >= 15 is 0 Å². The normalized spacial score (nSPS) is 37.2. The second-order valence-corrected chi connectivity index (χ2v) is 4.12. The number of aromatic hydroxyl groups is 1. The Balaban J connectivity index is 3.73. The largest absolute Gasteiger partial charge is 0.508 e. The predicted octanol–water partition coefficient (Wildman–Crippen LogP) is 5.34. The zero-order chi connectivity index (χ0) is 43.5. The van der Waals surface area contributed by atoms with E-state index < -0.39 is 141 Å². The Morgan fingerprint density at radius 2 is 1.83 bits per heavy atom. The molecule has 0 aliphatic heterocycles. The second-order valence-electron chi connectivity index (χ2n) is 4.12. The van der Waals surface area contributed by atoms with Gasteiger partial charge < -0.3 is 5.11 Å². The first-order valence-electron chi connectivity index (χ1n) is 21.1. The van der Waals surface area contributed by atoms with Crippen molar-refractivity contribution in [3.63, 3.8) is 0 Å². The SMILES string of the molecule is [2H]c1c([2H])c([2H])c([C@]([2H])(c2c([2H])c(C([2H])([2H])[2H])c([2H])c([2H])c2O)C([2H])([2H])C([2H])([2H])N(C([2H])(C([2H])([2H])[2H])C([2H])([2H])[2H])C([2H])(C([2H])([2H])[2H])C([2H])([2H])[2H])c([2H])c1[2H]. The molecule has 0 aliphatic rings. The minimum absolute atomic E-state index is 1.28. The maximum Gasteiger partial charge on any atom is 0.119 e. The molecule has 1 N–H and O–H groups in total. The summed E-state index contributed by atoms with van der Waals surface area (Å²) in [5, 5.41) is 11.2. The highest BCUT2D eigenvalue weighted by Crippen LogP contribution is 2.35. The van der Waals surface area contributed by atoms with Crippen LogP contribution in [0.3, 0.4) is 0 Å². The van der Waals surface area contributed by atoms with Crippen molar-refractivity contribution in [1.29, 1.82) is 0 Å². The molecule has 2 aromatic carbocycles. The Kier molecular flexibility index (Phi) is 1.23. The number of benzene rings is 2. The molecular weight excluding hydrogens is 294 g/mol. The first kappa shape index (κ1) is 3.53. The van der Waals surface area contributed by atoms with Crippen LogP contribution in [0.15, 0.2) is 48.3 Å². The number of hydrogen-bond donors (Lipinski definition) is 1. The van der Waals surface area contributed by atoms with E-state index in [2.05, 4.69) is 0 Å². The molecule has 130 valence electrons. The first-order chi connectivity index (χ1) is 23.4. The molecule has 0 bridgehead atoms. The quantitative estimate of drug-likeness (QED) is 0.724. The average Bonchev–Trinajstić information content (AvgIpc) is 2.94. The summed E-state index contributed by atoms with van der Waals surface area (Å²) < 4.78 is 248. The van der Waals surface area contributed by atoms with Crippen LogP contribution < -0.4 is 0 Å². The third-order valence-electron chi connectivity index (χ3n) is 2.53. The molecule has 0 radical (unpaired) electrons. The fraction of sp³-hybridized carbons (Fsp3) is 0.455. The molecule has 2 rings (SSSR count). The Labute approximate surface area is 189 Å². The van der Waals surface area contributed by atoms with Crippen molar-refractivity contribution < 1.29 is 46.2 Å². The molecule has 0 heterocycles. The van der Waals surface area contributed by atoms with Crippen LogP contribution in [0.25, 0.3) is 0 Å². The molecule has 2 aromatic rings. The smallest absolute Gasteiger partial charge is 0.119 e. The molecule has 0 saturated heterocycles. The minimum Gasteiger partial charge on any atom is -0.508 e. The van der Waals surface area contributed by atoms with E-state index in [1.807, 2.05) is 0 Å². The summed E-state index contributed by atoms with van der Waals surface area (Å²) in [5.74, 6) is -6.64. The van der Waals surface area contributed by atoms with Crippen LogP contribution in [0.5, 0.6) is 5.75 Å². The number of nitrogens with zero attached hydrogens (tertiary/aromatic N) is 1. The fourth-order valence-corrected chi connectivity index (χ4v) is 1.54. The highest BCUT2D eigenvalue weighted by atomic mass is 16.3. The number of phenols is 1. The predicted molar refractivity (Wildman–Crippen MR) is 103 cm³/mol. The van der Waals surface area contributed by atoms with Crippen LogP contribution >= 0.6 is 0 Å². The van der Waals surface area contributed by atoms with Gasteiger partial charge in [0.2, 0.25) is 0 Å². The zero-order valence-electron chi connectivity index (χ0n) is 41.9. The molecular formula is C22H31NO. The summed E-state index contributed by atoms with van der Waals surface area (Å²) in [6.45, 7) is -27.7. The molecule has 0 fully saturated rings. The summed E-state index contributed by atoms with van der Waals surface area (Å²) in [7, 11) is 0. The lowest BCUT2D eigenvalue weighted by Crippen LogP contribution is -2.38. The van der Waals surface area contributed by atoms with Gasteiger partial charge in [-0.05, 0) is 58.7 Å². The van der Waals surface area contributed by atoms with E-state index in [9.17, 15) is 9.22 Å². The van der Waals surface area contributed by atoms with Crippen molar-refractivity contribution in [2.24, 2.45) is 0 Å². The van der Waals surface area contributed by atoms with Gasteiger partial charge in [-0.15, -0.1) is 0 Å². The number of rotatable bonds is 7. The van der Waals surface area contributed by atoms with Crippen LogP contribution in [-0.2, 0) is 0 Å². The lowest BCUT2D eigenvalue weighted by atomic mass is 9.87. The van der Waals surface area contributed by atoms with Crippen molar-refractivity contribution in [1.82, 2.24) is 4.90 Å². The Morgan fingerprint density at radius 3 is 2.46 bits per heavy atom. The maximum absolute atomic E-state index is 11.2. The molecule has 0 spiro atoms. The summed E-state index contributed by atoms with van der Waals surface area (Å²) in [6.07, 6.45) is -5.13. The van der Waals surface area contributed by atoms with E-state index in [1.54, 1.807) is 0 Å². The van der Waals surface area contributed by atoms with Crippen molar-refractivity contribution in [3.8, 4) is 5.75 Å². The summed E-state index contributed by atoms with van der Waals surface area (Å²) in [6, 6.07) is -22.8. The third kappa shape index (κ3) is 4.61. The van der Waals surface area contributed by atoms with Gasteiger partial charge in [0.05, 0.1) is 11.0 Å². The van der Waals surface area contributed by atoms with E-state index in [0.29, 0.717) is 0 Å². The summed E-state index contributed by atoms with van der Waals surface area (Å²) in [4.78, 5) is -1.53. The molecule has 2 nitrogen and oxygen atoms in total. The van der Waals surface area contributed by atoms with Crippen molar-refractivity contribution >= 4 is 0 Å². The van der Waals surface area contributed by atoms with E-state index in [0.717, 1.165) is 0 Å². The van der Waals surface area contributed by atoms with Crippen LogP contribution in [0, 0.1) is 6.85 Å². The van der Waals surface area contributed by atoms with Gasteiger partial charge in [-0.2, -0.15) is 0 Å². The highest BCUT2D eigenvalue weighted by molar-refractivity contribution is 5.43. The topological polar surface area (TPSA) is 23.5 Å². The Bertz CT molecular complexity index is 1700. The summed E-state index contributed by atoms with van der Waals surface area (Å²) in [5.41, 5.74) is -5.49. The van der Waals surface area contributed by atoms with Crippen molar-refractivity contribution in [2.45, 2.75) is 58.6 Å². The maximum atomic E-state index is 11.2. The fourth-order valence-electron chi connectivity index (χ4n) is 1.54. The third-order valence-corrected chi connectivity index (χ3v) is 2.53. The standard InChI is InChI=1S/C22H31NO/c1-16(2)23(17(3)4)14-13-20(19-9-7-6-8-10-19)21-15-18(5)11-12-22(21)24/h6-12,15-17,20,24H,13-14H2,1-5H3/t20-/m1/s1/i1D3,2D3,3D3,4D3,5D3,6D,7D,8D,9D,10D,11D,12D,13D2,14D2,15D,16D,17D,20D. The molecule has 0 unspecified atom stereocenters. The molecule has 0 aliphatic carbocycles. The molecule has 24 heavy (non-hydrogen) atoms. The van der Waals surface area contributed by atoms with Crippen molar-refractivity contribution in [2.75, 3.05) is 6.50 Å². The van der Waals surface area contributed by atoms with Gasteiger partial charge in [0.15, 0.2) is 0 Å². The number of hydrogen-bond acceptors (Lipinski definition) is 2. The van der Waals surface area contributed by atoms with Gasteiger partial charge in [-0.25, -0.2) is 0 Å². The Morgan fingerprint density at radius 1 is 1.12 bits per heavy atom. The lowest BCUT2D eigenvalue weighted by molar-refractivity contribution is 0.170. The number of phenolic OH excluding ortho intramolecular Hbond substituents is 1. The van der Waals surface area contributed by atoms with E-state index in [-0.39, 0.29) is 0 Å². The molecule has 0 amide bonds. The zero-order valence-corrected chi connectivity index (χ0v) is 11.9. The Hall–Kier alpha value is -1.80. The molecule has 1 atom stereocenters. The van der Waals surface area contributed by atoms with Crippen LogP contribution in [0.1, 0.15) is 97.5 Å². The van der Waals surface area contributed by atoms with Gasteiger partial charge in [-0.3, -0.25) is 4.90 Å². The molecule has 0 aromatic heterocycles. The minimum atomic E-state index is -5.30. The van der Waals surface area contributed by atoms with Gasteiger partial charge >= 0.3 is 0 Å².